The largest absolute Gasteiger partial charge is 0.402 e. The van der Waals surface area contributed by atoms with Crippen molar-refractivity contribution in [2.75, 3.05) is 19.5 Å². The number of rotatable bonds is 9. The molecule has 1 unspecified atom stereocenters. The first-order valence-electron chi connectivity index (χ1n) is 11.7. The first-order valence-corrected chi connectivity index (χ1v) is 11.7. The fraction of sp³-hybridized carbons (Fsp3) is 0.462. The molecule has 1 aromatic carbocycles. The summed E-state index contributed by atoms with van der Waals surface area (Å²) in [6.45, 7) is 11.8. The van der Waals surface area contributed by atoms with Gasteiger partial charge < -0.3 is 21.9 Å². The monoisotopic (exact) mass is 498 g/mol. The molecule has 0 fully saturated rings. The minimum Gasteiger partial charge on any atom is -0.402 e. The molecule has 0 saturated carbocycles. The molecule has 0 aliphatic rings. The van der Waals surface area contributed by atoms with Crippen molar-refractivity contribution in [2.24, 2.45) is 16.9 Å². The first-order chi connectivity index (χ1) is 16.6. The zero-order valence-electron chi connectivity index (χ0n) is 22.1. The third-order valence-corrected chi connectivity index (χ3v) is 5.61. The summed E-state index contributed by atoms with van der Waals surface area (Å²) >= 11 is 0. The molecule has 3 amide bonds. The number of allylic oxidation sites excluding steroid dienone is 1. The van der Waals surface area contributed by atoms with Gasteiger partial charge in [-0.05, 0) is 38.2 Å². The van der Waals surface area contributed by atoms with Crippen LogP contribution in [0.5, 0.6) is 0 Å². The van der Waals surface area contributed by atoms with E-state index in [4.69, 9.17) is 21.9 Å². The molecule has 0 aliphatic carbocycles. The van der Waals surface area contributed by atoms with Gasteiger partial charge >= 0.3 is 0 Å². The highest BCUT2D eigenvalue weighted by Crippen LogP contribution is 2.32. The molecule has 10 nitrogen and oxygen atoms in total. The zero-order chi connectivity index (χ0) is 27.4. The lowest BCUT2D eigenvalue weighted by atomic mass is 9.90. The van der Waals surface area contributed by atoms with Gasteiger partial charge in [-0.25, -0.2) is 4.68 Å². The lowest BCUT2D eigenvalue weighted by Crippen LogP contribution is -2.33. The number of benzene rings is 1. The van der Waals surface area contributed by atoms with E-state index >= 15 is 0 Å². The average molecular weight is 499 g/mol. The molecule has 0 spiro atoms. The van der Waals surface area contributed by atoms with Crippen molar-refractivity contribution in [1.29, 1.82) is 0 Å². The number of carbonyl (C=O) groups is 3. The molecule has 1 heterocycles. The fourth-order valence-electron chi connectivity index (χ4n) is 3.93. The lowest BCUT2D eigenvalue weighted by molar-refractivity contribution is -0.128. The topological polar surface area (TPSA) is 168 Å². The highest BCUT2D eigenvalue weighted by Gasteiger charge is 2.30. The van der Waals surface area contributed by atoms with Gasteiger partial charge in [-0.1, -0.05) is 45.0 Å². The van der Waals surface area contributed by atoms with Gasteiger partial charge in [-0.3, -0.25) is 19.7 Å². The maximum atomic E-state index is 12.6. The van der Waals surface area contributed by atoms with Crippen LogP contribution >= 0.6 is 0 Å². The van der Waals surface area contributed by atoms with E-state index in [0.717, 1.165) is 0 Å². The number of imide groups is 1. The molecule has 1 atom stereocenters. The second-order valence-electron chi connectivity index (χ2n) is 10.8. The second kappa shape index (κ2) is 10.9. The number of nitrogens with two attached hydrogens (primary N) is 3. The number of aromatic nitrogens is 2. The van der Waals surface area contributed by atoms with Crippen LogP contribution in [-0.2, 0) is 19.9 Å². The van der Waals surface area contributed by atoms with E-state index in [1.54, 1.807) is 38.3 Å². The summed E-state index contributed by atoms with van der Waals surface area (Å²) in [5.41, 5.74) is 19.2. The Morgan fingerprint density at radius 3 is 2.19 bits per heavy atom. The van der Waals surface area contributed by atoms with Crippen molar-refractivity contribution in [3.05, 3.63) is 47.2 Å². The Bertz CT molecular complexity index is 1160. The van der Waals surface area contributed by atoms with Crippen molar-refractivity contribution in [2.45, 2.75) is 59.4 Å². The summed E-state index contributed by atoms with van der Waals surface area (Å²) < 4.78 is 6.79. The van der Waals surface area contributed by atoms with Crippen LogP contribution in [0.2, 0.25) is 0 Å². The smallest absolute Gasteiger partial charge is 0.254 e. The van der Waals surface area contributed by atoms with Gasteiger partial charge in [0, 0.05) is 24.4 Å². The van der Waals surface area contributed by atoms with Gasteiger partial charge in [0.05, 0.1) is 18.1 Å². The van der Waals surface area contributed by atoms with Crippen molar-refractivity contribution >= 4 is 23.5 Å². The Morgan fingerprint density at radius 1 is 1.11 bits per heavy atom. The number of amides is 3. The van der Waals surface area contributed by atoms with Gasteiger partial charge in [-0.2, -0.15) is 5.10 Å². The Hall–Kier alpha value is -3.66. The molecule has 0 bridgehead atoms. The Balaban J connectivity index is 2.26. The van der Waals surface area contributed by atoms with E-state index < -0.39 is 29.2 Å². The molecule has 0 radical (unpaired) electrons. The lowest BCUT2D eigenvalue weighted by Gasteiger charge is -2.25. The number of hydrogen-bond acceptors (Lipinski definition) is 7. The number of nitrogen functional groups attached to an aromatic ring is 1. The van der Waals surface area contributed by atoms with Crippen LogP contribution < -0.4 is 22.5 Å². The second-order valence-corrected chi connectivity index (χ2v) is 10.8. The summed E-state index contributed by atoms with van der Waals surface area (Å²) in [6, 6.07) is 6.91. The summed E-state index contributed by atoms with van der Waals surface area (Å²) in [6.07, 6.45) is 1.78. The molecule has 10 heteroatoms. The molecule has 2 aromatic rings. The summed E-state index contributed by atoms with van der Waals surface area (Å²) in [4.78, 5) is 37.0. The Kier molecular flexibility index (Phi) is 8.69. The average Bonchev–Trinajstić information content (AvgIpc) is 3.10. The molecule has 1 aromatic heterocycles. The van der Waals surface area contributed by atoms with Crippen LogP contribution in [0.4, 0.5) is 5.82 Å². The van der Waals surface area contributed by atoms with Crippen molar-refractivity contribution in [3.8, 4) is 11.3 Å². The predicted octanol–water partition coefficient (Wildman–Crippen LogP) is 2.64. The summed E-state index contributed by atoms with van der Waals surface area (Å²) in [5, 5.41) is 6.93. The van der Waals surface area contributed by atoms with E-state index in [2.05, 4.69) is 10.4 Å². The standard InChI is InChI=1S/C26H38N6O4/c1-15(24(35)30-19(33)12-18(27)13-25(2,3)4)16-8-10-17(11-9-16)21-20(23(29)34)22(28)32(31-21)26(5,6)14-36-7/h8-12,15H,13-14,27-28H2,1-7H3,(H2,29,34)(H,30,33,35). The normalized spacial score (nSPS) is 13.4. The SMILES string of the molecule is COCC(C)(C)n1nc(-c2ccc(C(C)C(=O)NC(=O)C=C(N)CC(C)(C)C)cc2)c(C(N)=O)c1N. The number of anilines is 1. The number of ether oxygens (including phenoxy) is 1. The number of hydrogen-bond donors (Lipinski definition) is 4. The minimum atomic E-state index is -0.698. The third kappa shape index (κ3) is 6.94. The van der Waals surface area contributed by atoms with Crippen molar-refractivity contribution in [1.82, 2.24) is 15.1 Å². The number of primary amides is 1. The van der Waals surface area contributed by atoms with E-state index in [-0.39, 0.29) is 16.8 Å². The molecular weight excluding hydrogens is 460 g/mol. The highest BCUT2D eigenvalue weighted by atomic mass is 16.5. The van der Waals surface area contributed by atoms with Gasteiger partial charge in [0.15, 0.2) is 0 Å². The Morgan fingerprint density at radius 2 is 1.69 bits per heavy atom. The van der Waals surface area contributed by atoms with E-state index in [1.165, 1.54) is 10.8 Å². The molecule has 0 aliphatic heterocycles. The quantitative estimate of drug-likeness (QED) is 0.385. The summed E-state index contributed by atoms with van der Waals surface area (Å²) in [7, 11) is 1.57. The van der Waals surface area contributed by atoms with Crippen LogP contribution in [0.15, 0.2) is 36.0 Å². The van der Waals surface area contributed by atoms with Crippen LogP contribution in [0.3, 0.4) is 0 Å². The van der Waals surface area contributed by atoms with Gasteiger partial charge in [0.2, 0.25) is 5.91 Å². The number of nitrogens with one attached hydrogen (secondary N) is 1. The van der Waals surface area contributed by atoms with Gasteiger partial charge in [0.25, 0.3) is 11.8 Å². The Labute approximate surface area is 212 Å². The number of carbonyl (C=O) groups excluding carboxylic acids is 3. The molecule has 196 valence electrons. The van der Waals surface area contributed by atoms with E-state index in [1.807, 2.05) is 34.6 Å². The van der Waals surface area contributed by atoms with Crippen molar-refractivity contribution in [3.63, 3.8) is 0 Å². The number of nitrogens with zero attached hydrogens (tertiary/aromatic N) is 2. The van der Waals surface area contributed by atoms with Gasteiger partial charge in [0.1, 0.15) is 17.1 Å². The molecule has 36 heavy (non-hydrogen) atoms. The highest BCUT2D eigenvalue weighted by molar-refractivity contribution is 6.04. The third-order valence-electron chi connectivity index (χ3n) is 5.61. The fourth-order valence-corrected chi connectivity index (χ4v) is 3.93. The zero-order valence-corrected chi connectivity index (χ0v) is 22.1. The van der Waals surface area contributed by atoms with Crippen LogP contribution in [0.1, 0.15) is 69.8 Å². The maximum absolute atomic E-state index is 12.6. The molecule has 7 N–H and O–H groups in total. The summed E-state index contributed by atoms with van der Waals surface area (Å²) in [5.74, 6) is -2.18. The molecule has 2 rings (SSSR count). The van der Waals surface area contributed by atoms with Crippen LogP contribution in [-0.4, -0.2) is 41.2 Å². The van der Waals surface area contributed by atoms with Crippen LogP contribution in [0.25, 0.3) is 11.3 Å². The predicted molar refractivity (Wildman–Crippen MR) is 140 cm³/mol. The first kappa shape index (κ1) is 28.6. The maximum Gasteiger partial charge on any atom is 0.254 e. The van der Waals surface area contributed by atoms with E-state index in [0.29, 0.717) is 35.5 Å². The van der Waals surface area contributed by atoms with E-state index in [9.17, 15) is 14.4 Å². The molecule has 0 saturated heterocycles. The molecular formula is C26H38N6O4. The van der Waals surface area contributed by atoms with Gasteiger partial charge in [-0.15, -0.1) is 0 Å². The van der Waals surface area contributed by atoms with Crippen LogP contribution in [0, 0.1) is 5.41 Å². The number of methoxy groups -OCH3 is 1. The van der Waals surface area contributed by atoms with Crippen molar-refractivity contribution < 1.29 is 19.1 Å². The minimum absolute atomic E-state index is 0.0751.